The van der Waals surface area contributed by atoms with Crippen LogP contribution in [0.2, 0.25) is 0 Å². The zero-order valence-corrected chi connectivity index (χ0v) is 16.3. The van der Waals surface area contributed by atoms with Gasteiger partial charge in [0.05, 0.1) is 11.8 Å². The van der Waals surface area contributed by atoms with E-state index in [0.717, 1.165) is 69.3 Å². The fourth-order valence-electron chi connectivity index (χ4n) is 3.35. The molecule has 0 atom stereocenters. The summed E-state index contributed by atoms with van der Waals surface area (Å²) in [4.78, 5) is 7.08. The highest BCUT2D eigenvalue weighted by atomic mass is 16.5. The van der Waals surface area contributed by atoms with E-state index < -0.39 is 0 Å². The molecule has 6 nitrogen and oxygen atoms in total. The van der Waals surface area contributed by atoms with E-state index in [1.165, 1.54) is 0 Å². The first kappa shape index (κ1) is 19.8. The van der Waals surface area contributed by atoms with E-state index in [-0.39, 0.29) is 0 Å². The number of ether oxygens (including phenoxy) is 1. The Morgan fingerprint density at radius 1 is 1.32 bits per heavy atom. The molecule has 1 N–H and O–H groups in total. The molecule has 1 saturated heterocycles. The molecular weight excluding hydrogens is 316 g/mol. The summed E-state index contributed by atoms with van der Waals surface area (Å²) >= 11 is 0. The molecule has 1 aliphatic rings. The fourth-order valence-corrected chi connectivity index (χ4v) is 3.35. The average Bonchev–Trinajstić information content (AvgIpc) is 3.09. The van der Waals surface area contributed by atoms with Crippen LogP contribution >= 0.6 is 0 Å². The van der Waals surface area contributed by atoms with Gasteiger partial charge in [-0.3, -0.25) is 0 Å². The zero-order valence-electron chi connectivity index (χ0n) is 16.3. The predicted molar refractivity (Wildman–Crippen MR) is 101 cm³/mol. The van der Waals surface area contributed by atoms with Crippen LogP contribution in [-0.4, -0.2) is 48.4 Å². The molecule has 0 saturated carbocycles. The molecule has 2 rings (SSSR count). The SMILES string of the molecule is CCNC(=NCc1cc(C(CC)CC)no1)N1CCC(OCC)CC1. The number of guanidine groups is 1. The van der Waals surface area contributed by atoms with Crippen LogP contribution in [0.15, 0.2) is 15.6 Å². The topological polar surface area (TPSA) is 62.9 Å². The highest BCUT2D eigenvalue weighted by molar-refractivity contribution is 5.80. The lowest BCUT2D eigenvalue weighted by Crippen LogP contribution is -2.47. The number of aliphatic imine (C=N–C) groups is 1. The summed E-state index contributed by atoms with van der Waals surface area (Å²) in [6.07, 6.45) is 4.67. The van der Waals surface area contributed by atoms with Crippen LogP contribution in [0.5, 0.6) is 0 Å². The first-order chi connectivity index (χ1) is 12.2. The maximum absolute atomic E-state index is 5.74. The highest BCUT2D eigenvalue weighted by Crippen LogP contribution is 2.22. The number of hydrogen-bond acceptors (Lipinski definition) is 4. The van der Waals surface area contributed by atoms with Crippen molar-refractivity contribution in [3.05, 3.63) is 17.5 Å². The molecule has 1 aromatic heterocycles. The van der Waals surface area contributed by atoms with Gasteiger partial charge in [-0.2, -0.15) is 0 Å². The molecule has 0 radical (unpaired) electrons. The lowest BCUT2D eigenvalue weighted by Gasteiger charge is -2.34. The van der Waals surface area contributed by atoms with Crippen LogP contribution in [0.1, 0.15) is 70.8 Å². The molecule has 1 aromatic rings. The second-order valence-corrected chi connectivity index (χ2v) is 6.54. The molecule has 0 bridgehead atoms. The number of nitrogens with one attached hydrogen (secondary N) is 1. The minimum atomic E-state index is 0.390. The monoisotopic (exact) mass is 350 g/mol. The van der Waals surface area contributed by atoms with E-state index in [1.54, 1.807) is 0 Å². The van der Waals surface area contributed by atoms with Gasteiger partial charge in [-0.25, -0.2) is 4.99 Å². The summed E-state index contributed by atoms with van der Waals surface area (Å²) in [5, 5.41) is 7.62. The molecule has 1 fully saturated rings. The highest BCUT2D eigenvalue weighted by Gasteiger charge is 2.21. The van der Waals surface area contributed by atoms with Gasteiger partial charge in [-0.15, -0.1) is 0 Å². The van der Waals surface area contributed by atoms with Gasteiger partial charge in [0.25, 0.3) is 0 Å². The van der Waals surface area contributed by atoms with Crippen molar-refractivity contribution in [2.45, 2.75) is 71.9 Å². The number of piperidine rings is 1. The average molecular weight is 351 g/mol. The molecule has 0 amide bonds. The van der Waals surface area contributed by atoms with Crippen LogP contribution in [0, 0.1) is 0 Å². The second kappa shape index (κ2) is 10.4. The van der Waals surface area contributed by atoms with Crippen LogP contribution in [0.4, 0.5) is 0 Å². The van der Waals surface area contributed by atoms with E-state index in [0.29, 0.717) is 18.6 Å². The Balaban J connectivity index is 1.96. The van der Waals surface area contributed by atoms with Gasteiger partial charge >= 0.3 is 0 Å². The Morgan fingerprint density at radius 3 is 2.64 bits per heavy atom. The molecule has 6 heteroatoms. The second-order valence-electron chi connectivity index (χ2n) is 6.54. The van der Waals surface area contributed by atoms with Crippen molar-refractivity contribution >= 4 is 5.96 Å². The van der Waals surface area contributed by atoms with Crippen LogP contribution in [0.3, 0.4) is 0 Å². The van der Waals surface area contributed by atoms with E-state index >= 15 is 0 Å². The first-order valence-corrected chi connectivity index (χ1v) is 9.82. The third-order valence-corrected chi connectivity index (χ3v) is 4.84. The van der Waals surface area contributed by atoms with Gasteiger partial charge in [0.1, 0.15) is 6.54 Å². The van der Waals surface area contributed by atoms with Crippen LogP contribution < -0.4 is 5.32 Å². The summed E-state index contributed by atoms with van der Waals surface area (Å²) in [5.74, 6) is 2.27. The van der Waals surface area contributed by atoms with E-state index in [9.17, 15) is 0 Å². The first-order valence-electron chi connectivity index (χ1n) is 9.82. The van der Waals surface area contributed by atoms with Gasteiger partial charge in [-0.05, 0) is 39.5 Å². The minimum absolute atomic E-state index is 0.390. The van der Waals surface area contributed by atoms with Crippen LogP contribution in [0.25, 0.3) is 0 Å². The Kier molecular flexibility index (Phi) is 8.25. The largest absolute Gasteiger partial charge is 0.378 e. The number of nitrogens with zero attached hydrogens (tertiary/aromatic N) is 3. The molecule has 0 spiro atoms. The van der Waals surface area contributed by atoms with Crippen molar-refractivity contribution < 1.29 is 9.26 Å². The maximum Gasteiger partial charge on any atom is 0.194 e. The summed E-state index contributed by atoms with van der Waals surface area (Å²) in [5.41, 5.74) is 1.05. The summed E-state index contributed by atoms with van der Waals surface area (Å²) in [6, 6.07) is 2.06. The Morgan fingerprint density at radius 2 is 2.04 bits per heavy atom. The lowest BCUT2D eigenvalue weighted by molar-refractivity contribution is 0.0263. The smallest absolute Gasteiger partial charge is 0.194 e. The van der Waals surface area contributed by atoms with Gasteiger partial charge in [0.15, 0.2) is 11.7 Å². The Bertz CT molecular complexity index is 517. The molecule has 142 valence electrons. The van der Waals surface area contributed by atoms with Crippen LogP contribution in [-0.2, 0) is 11.3 Å². The van der Waals surface area contributed by atoms with E-state index in [1.807, 2.05) is 0 Å². The lowest BCUT2D eigenvalue weighted by atomic mass is 9.99. The molecule has 0 aromatic carbocycles. The molecule has 0 aliphatic carbocycles. The Labute approximate surface area is 152 Å². The van der Waals surface area contributed by atoms with Crippen molar-refractivity contribution in [2.24, 2.45) is 4.99 Å². The van der Waals surface area contributed by atoms with Crippen molar-refractivity contribution in [2.75, 3.05) is 26.2 Å². The van der Waals surface area contributed by atoms with Gasteiger partial charge in [-0.1, -0.05) is 19.0 Å². The van der Waals surface area contributed by atoms with Crippen molar-refractivity contribution in [3.8, 4) is 0 Å². The van der Waals surface area contributed by atoms with E-state index in [4.69, 9.17) is 14.3 Å². The molecule has 25 heavy (non-hydrogen) atoms. The summed E-state index contributed by atoms with van der Waals surface area (Å²) in [7, 11) is 0. The summed E-state index contributed by atoms with van der Waals surface area (Å²) < 4.78 is 11.2. The number of rotatable bonds is 8. The number of likely N-dealkylation sites (tertiary alicyclic amines) is 1. The van der Waals surface area contributed by atoms with Gasteiger partial charge in [0, 0.05) is 38.2 Å². The quantitative estimate of drug-likeness (QED) is 0.574. The van der Waals surface area contributed by atoms with Gasteiger partial charge < -0.3 is 19.5 Å². The maximum atomic E-state index is 5.74. The van der Waals surface area contributed by atoms with Crippen molar-refractivity contribution in [1.82, 2.24) is 15.4 Å². The fraction of sp³-hybridized carbons (Fsp3) is 0.789. The predicted octanol–water partition coefficient (Wildman–Crippen LogP) is 3.54. The standard InChI is InChI=1S/C19H34N4O2/c1-5-15(6-2)18-13-17(25-22-18)14-21-19(20-7-3)23-11-9-16(10-12-23)24-8-4/h13,15-16H,5-12,14H2,1-4H3,(H,20,21). The zero-order chi connectivity index (χ0) is 18.1. The third-order valence-electron chi connectivity index (χ3n) is 4.84. The molecule has 1 aliphatic heterocycles. The number of hydrogen-bond donors (Lipinski definition) is 1. The van der Waals surface area contributed by atoms with Crippen molar-refractivity contribution in [3.63, 3.8) is 0 Å². The van der Waals surface area contributed by atoms with Gasteiger partial charge in [0.2, 0.25) is 0 Å². The van der Waals surface area contributed by atoms with E-state index in [2.05, 4.69) is 49.1 Å². The molecular formula is C19H34N4O2. The normalized spacial score (nSPS) is 16.7. The Hall–Kier alpha value is -1.56. The third kappa shape index (κ3) is 5.73. The summed E-state index contributed by atoms with van der Waals surface area (Å²) in [6.45, 7) is 12.7. The molecule has 2 heterocycles. The molecule has 0 unspecified atom stereocenters. The number of aromatic nitrogens is 1. The minimum Gasteiger partial charge on any atom is -0.378 e. The van der Waals surface area contributed by atoms with Crippen molar-refractivity contribution in [1.29, 1.82) is 0 Å².